The molecule has 4 rings (SSSR count). The van der Waals surface area contributed by atoms with Gasteiger partial charge in [-0.3, -0.25) is 4.79 Å². The van der Waals surface area contributed by atoms with Crippen LogP contribution in [-0.2, 0) is 6.42 Å². The van der Waals surface area contributed by atoms with Crippen molar-refractivity contribution in [2.75, 3.05) is 0 Å². The van der Waals surface area contributed by atoms with Crippen LogP contribution in [0.25, 0.3) is 16.8 Å². The standard InChI is InChI=1S/C20H21N5O/c1-3-19-22-23-24-25(19)18-11-15(14-6-4-13(2)5-7-14)10-16(12-18)20(26)21-17-8-9-17/h4-7,10-12,17H,3,8-9H2,1-2H3,(H,21,26). The minimum atomic E-state index is -0.0474. The lowest BCUT2D eigenvalue weighted by Gasteiger charge is -2.11. The van der Waals surface area contributed by atoms with Crippen molar-refractivity contribution in [1.82, 2.24) is 25.5 Å². The third-order valence-electron chi connectivity index (χ3n) is 4.57. The quantitative estimate of drug-likeness (QED) is 0.770. The number of tetrazole rings is 1. The number of amides is 1. The molecule has 1 N–H and O–H groups in total. The topological polar surface area (TPSA) is 72.7 Å². The average molecular weight is 347 g/mol. The van der Waals surface area contributed by atoms with Gasteiger partial charge in [-0.15, -0.1) is 5.10 Å². The van der Waals surface area contributed by atoms with Crippen molar-refractivity contribution in [3.8, 4) is 16.8 Å². The van der Waals surface area contributed by atoms with Gasteiger partial charge in [-0.2, -0.15) is 4.68 Å². The normalized spacial score (nSPS) is 13.6. The lowest BCUT2D eigenvalue weighted by molar-refractivity contribution is 0.0951. The van der Waals surface area contributed by atoms with Gasteiger partial charge in [0.05, 0.1) is 5.69 Å². The van der Waals surface area contributed by atoms with Gasteiger partial charge in [0.1, 0.15) is 0 Å². The molecule has 1 aliphatic carbocycles. The molecule has 0 unspecified atom stereocenters. The molecule has 2 aromatic carbocycles. The predicted molar refractivity (Wildman–Crippen MR) is 99.2 cm³/mol. The fraction of sp³-hybridized carbons (Fsp3) is 0.300. The van der Waals surface area contributed by atoms with Gasteiger partial charge in [0.15, 0.2) is 5.82 Å². The van der Waals surface area contributed by atoms with E-state index in [0.717, 1.165) is 35.5 Å². The molecule has 0 spiro atoms. The Bertz CT molecular complexity index is 941. The Labute approximate surface area is 152 Å². The molecule has 0 aliphatic heterocycles. The first-order valence-electron chi connectivity index (χ1n) is 8.94. The van der Waals surface area contributed by atoms with Gasteiger partial charge in [0.25, 0.3) is 5.91 Å². The number of rotatable bonds is 5. The van der Waals surface area contributed by atoms with E-state index in [2.05, 4.69) is 52.0 Å². The fourth-order valence-corrected chi connectivity index (χ4v) is 2.90. The van der Waals surface area contributed by atoms with E-state index < -0.39 is 0 Å². The first kappa shape index (κ1) is 16.4. The van der Waals surface area contributed by atoms with E-state index in [0.29, 0.717) is 18.0 Å². The third-order valence-corrected chi connectivity index (χ3v) is 4.57. The van der Waals surface area contributed by atoms with E-state index in [1.165, 1.54) is 5.56 Å². The molecule has 6 heteroatoms. The van der Waals surface area contributed by atoms with E-state index in [1.54, 1.807) is 4.68 Å². The van der Waals surface area contributed by atoms with Gasteiger partial charge >= 0.3 is 0 Å². The Morgan fingerprint density at radius 2 is 1.92 bits per heavy atom. The zero-order valence-corrected chi connectivity index (χ0v) is 14.9. The summed E-state index contributed by atoms with van der Waals surface area (Å²) in [4.78, 5) is 12.6. The molecule has 26 heavy (non-hydrogen) atoms. The highest BCUT2D eigenvalue weighted by Gasteiger charge is 2.24. The molecule has 0 saturated heterocycles. The summed E-state index contributed by atoms with van der Waals surface area (Å²) >= 11 is 0. The first-order valence-corrected chi connectivity index (χ1v) is 8.94. The largest absolute Gasteiger partial charge is 0.349 e. The van der Waals surface area contributed by atoms with E-state index in [1.807, 2.05) is 25.1 Å². The van der Waals surface area contributed by atoms with Crippen LogP contribution >= 0.6 is 0 Å². The Morgan fingerprint density at radius 3 is 2.62 bits per heavy atom. The summed E-state index contributed by atoms with van der Waals surface area (Å²) in [5.41, 5.74) is 4.66. The Balaban J connectivity index is 1.80. The van der Waals surface area contributed by atoms with Crippen LogP contribution in [-0.4, -0.2) is 32.2 Å². The Kier molecular flexibility index (Phi) is 4.24. The van der Waals surface area contributed by atoms with E-state index in [-0.39, 0.29) is 5.91 Å². The summed E-state index contributed by atoms with van der Waals surface area (Å²) in [7, 11) is 0. The molecule has 3 aromatic rings. The van der Waals surface area contributed by atoms with Crippen molar-refractivity contribution in [1.29, 1.82) is 0 Å². The highest BCUT2D eigenvalue weighted by molar-refractivity contribution is 5.96. The second kappa shape index (κ2) is 6.71. The molecule has 0 atom stereocenters. The van der Waals surface area contributed by atoms with Crippen LogP contribution < -0.4 is 5.32 Å². The van der Waals surface area contributed by atoms with Crippen LogP contribution in [0.2, 0.25) is 0 Å². The summed E-state index contributed by atoms with van der Waals surface area (Å²) in [6.07, 6.45) is 2.83. The summed E-state index contributed by atoms with van der Waals surface area (Å²) in [6.45, 7) is 4.07. The van der Waals surface area contributed by atoms with Crippen LogP contribution in [0.3, 0.4) is 0 Å². The minimum Gasteiger partial charge on any atom is -0.349 e. The van der Waals surface area contributed by atoms with Gasteiger partial charge in [-0.1, -0.05) is 36.8 Å². The molecular formula is C20H21N5O. The fourth-order valence-electron chi connectivity index (χ4n) is 2.90. The van der Waals surface area contributed by atoms with Gasteiger partial charge < -0.3 is 5.32 Å². The maximum Gasteiger partial charge on any atom is 0.251 e. The highest BCUT2D eigenvalue weighted by Crippen LogP contribution is 2.26. The monoisotopic (exact) mass is 347 g/mol. The van der Waals surface area contributed by atoms with Crippen molar-refractivity contribution in [3.63, 3.8) is 0 Å². The van der Waals surface area contributed by atoms with Crippen LogP contribution in [0.15, 0.2) is 42.5 Å². The Morgan fingerprint density at radius 1 is 1.15 bits per heavy atom. The zero-order chi connectivity index (χ0) is 18.1. The molecule has 1 saturated carbocycles. The summed E-state index contributed by atoms with van der Waals surface area (Å²) in [5, 5.41) is 15.0. The third kappa shape index (κ3) is 3.35. The minimum absolute atomic E-state index is 0.0474. The lowest BCUT2D eigenvalue weighted by Crippen LogP contribution is -2.25. The molecule has 1 aromatic heterocycles. The molecule has 1 fully saturated rings. The number of aromatic nitrogens is 4. The molecule has 1 aliphatic rings. The second-order valence-electron chi connectivity index (χ2n) is 6.74. The number of hydrogen-bond acceptors (Lipinski definition) is 4. The van der Waals surface area contributed by atoms with E-state index in [9.17, 15) is 4.79 Å². The van der Waals surface area contributed by atoms with Gasteiger partial charge in [0, 0.05) is 18.0 Å². The molecule has 6 nitrogen and oxygen atoms in total. The first-order chi connectivity index (χ1) is 12.6. The Hall–Kier alpha value is -3.02. The SMILES string of the molecule is CCc1nnnn1-c1cc(C(=O)NC2CC2)cc(-c2ccc(C)cc2)c1. The number of carbonyl (C=O) groups excluding carboxylic acids is 1. The summed E-state index contributed by atoms with van der Waals surface area (Å²) < 4.78 is 1.70. The number of benzene rings is 2. The molecule has 132 valence electrons. The zero-order valence-electron chi connectivity index (χ0n) is 14.9. The number of nitrogens with one attached hydrogen (secondary N) is 1. The molecule has 1 heterocycles. The van der Waals surface area contributed by atoms with Crippen LogP contribution in [0.4, 0.5) is 0 Å². The van der Waals surface area contributed by atoms with E-state index >= 15 is 0 Å². The number of nitrogens with zero attached hydrogens (tertiary/aromatic N) is 4. The summed E-state index contributed by atoms with van der Waals surface area (Å²) in [5.74, 6) is 0.716. The number of aryl methyl sites for hydroxylation is 2. The molecule has 1 amide bonds. The predicted octanol–water partition coefficient (Wildman–Crippen LogP) is 3.09. The van der Waals surface area contributed by atoms with Gasteiger partial charge in [-0.25, -0.2) is 0 Å². The highest BCUT2D eigenvalue weighted by atomic mass is 16.1. The number of hydrogen-bond donors (Lipinski definition) is 1. The maximum absolute atomic E-state index is 12.6. The van der Waals surface area contributed by atoms with Crippen molar-refractivity contribution in [2.24, 2.45) is 0 Å². The van der Waals surface area contributed by atoms with Crippen LogP contribution in [0, 0.1) is 6.92 Å². The van der Waals surface area contributed by atoms with Crippen molar-refractivity contribution in [3.05, 3.63) is 59.4 Å². The second-order valence-corrected chi connectivity index (χ2v) is 6.74. The smallest absolute Gasteiger partial charge is 0.251 e. The lowest BCUT2D eigenvalue weighted by atomic mass is 10.0. The van der Waals surface area contributed by atoms with Crippen molar-refractivity contribution in [2.45, 2.75) is 39.2 Å². The van der Waals surface area contributed by atoms with Gasteiger partial charge in [0.2, 0.25) is 0 Å². The van der Waals surface area contributed by atoms with Crippen molar-refractivity contribution >= 4 is 5.91 Å². The van der Waals surface area contributed by atoms with E-state index in [4.69, 9.17) is 0 Å². The van der Waals surface area contributed by atoms with Crippen molar-refractivity contribution < 1.29 is 4.79 Å². The molecular weight excluding hydrogens is 326 g/mol. The molecule has 0 radical (unpaired) electrons. The summed E-state index contributed by atoms with van der Waals surface area (Å²) in [6, 6.07) is 14.4. The number of carbonyl (C=O) groups is 1. The van der Waals surface area contributed by atoms with Crippen LogP contribution in [0.1, 0.15) is 41.5 Å². The molecule has 0 bridgehead atoms. The average Bonchev–Trinajstić information content (AvgIpc) is 3.34. The maximum atomic E-state index is 12.6. The van der Waals surface area contributed by atoms with Crippen LogP contribution in [0.5, 0.6) is 0 Å². The van der Waals surface area contributed by atoms with Gasteiger partial charge in [-0.05, 0) is 59.5 Å².